The van der Waals surface area contributed by atoms with Crippen LogP contribution in [0.4, 0.5) is 0 Å². The van der Waals surface area contributed by atoms with Gasteiger partial charge in [-0.3, -0.25) is 0 Å². The highest BCUT2D eigenvalue weighted by atomic mass is 32.2. The number of aliphatic hydroxyl groups is 1. The summed E-state index contributed by atoms with van der Waals surface area (Å²) in [5.74, 6) is 1.22. The Balaban J connectivity index is 1.96. The van der Waals surface area contributed by atoms with Gasteiger partial charge in [-0.25, -0.2) is 0 Å². The third-order valence-corrected chi connectivity index (χ3v) is 4.45. The van der Waals surface area contributed by atoms with Crippen molar-refractivity contribution in [3.63, 3.8) is 0 Å². The molecule has 1 atom stereocenters. The lowest BCUT2D eigenvalue weighted by Gasteiger charge is -2.12. The number of hydrogen-bond acceptors (Lipinski definition) is 2. The van der Waals surface area contributed by atoms with E-state index in [2.05, 4.69) is 57.2 Å². The Morgan fingerprint density at radius 1 is 1.00 bits per heavy atom. The average molecular weight is 286 g/mol. The molecule has 0 heterocycles. The van der Waals surface area contributed by atoms with Crippen molar-refractivity contribution in [3.8, 4) is 0 Å². The molecule has 0 saturated carbocycles. The van der Waals surface area contributed by atoms with Gasteiger partial charge in [-0.05, 0) is 36.1 Å². The molecule has 0 aliphatic rings. The van der Waals surface area contributed by atoms with Crippen molar-refractivity contribution in [2.75, 3.05) is 5.75 Å². The van der Waals surface area contributed by atoms with Gasteiger partial charge in [0, 0.05) is 10.6 Å². The molecule has 1 nitrogen and oxygen atoms in total. The van der Waals surface area contributed by atoms with Crippen molar-refractivity contribution in [1.82, 2.24) is 0 Å². The van der Waals surface area contributed by atoms with E-state index >= 15 is 0 Å². The van der Waals surface area contributed by atoms with Gasteiger partial charge in [0.25, 0.3) is 0 Å². The molecule has 106 valence electrons. The molecule has 2 rings (SSSR count). The lowest BCUT2D eigenvalue weighted by Crippen LogP contribution is -2.01. The summed E-state index contributed by atoms with van der Waals surface area (Å²) in [6.45, 7) is 6.45. The third kappa shape index (κ3) is 4.12. The minimum Gasteiger partial charge on any atom is -0.388 e. The summed E-state index contributed by atoms with van der Waals surface area (Å²) < 4.78 is 0. The van der Waals surface area contributed by atoms with Gasteiger partial charge in [-0.1, -0.05) is 55.8 Å². The van der Waals surface area contributed by atoms with Crippen LogP contribution in [0.5, 0.6) is 0 Å². The standard InChI is InChI=1S/C18H22OS/c1-13(2)15-7-9-16(10-8-15)18(19)12-20-17-6-4-5-14(3)11-17/h4-11,13,18-19H,12H2,1-3H3. The molecule has 20 heavy (non-hydrogen) atoms. The zero-order chi connectivity index (χ0) is 14.5. The summed E-state index contributed by atoms with van der Waals surface area (Å²) in [6, 6.07) is 16.7. The smallest absolute Gasteiger partial charge is 0.0883 e. The van der Waals surface area contributed by atoms with Crippen molar-refractivity contribution in [1.29, 1.82) is 0 Å². The van der Waals surface area contributed by atoms with Crippen LogP contribution in [-0.4, -0.2) is 10.9 Å². The van der Waals surface area contributed by atoms with Crippen LogP contribution in [0.2, 0.25) is 0 Å². The lowest BCUT2D eigenvalue weighted by atomic mass is 10.0. The van der Waals surface area contributed by atoms with Crippen LogP contribution in [0.15, 0.2) is 53.4 Å². The minimum atomic E-state index is -0.415. The van der Waals surface area contributed by atoms with E-state index in [1.165, 1.54) is 16.0 Å². The molecule has 0 bridgehead atoms. The predicted molar refractivity (Wildman–Crippen MR) is 87.4 cm³/mol. The molecule has 0 saturated heterocycles. The van der Waals surface area contributed by atoms with E-state index in [0.717, 1.165) is 5.56 Å². The van der Waals surface area contributed by atoms with Crippen molar-refractivity contribution in [3.05, 3.63) is 65.2 Å². The molecule has 0 amide bonds. The summed E-state index contributed by atoms with van der Waals surface area (Å²) in [7, 11) is 0. The second-order valence-corrected chi connectivity index (χ2v) is 6.56. The van der Waals surface area contributed by atoms with E-state index in [1.54, 1.807) is 11.8 Å². The maximum atomic E-state index is 10.3. The van der Waals surface area contributed by atoms with E-state index in [4.69, 9.17) is 0 Å². The van der Waals surface area contributed by atoms with Gasteiger partial charge in [-0.15, -0.1) is 11.8 Å². The fourth-order valence-corrected chi connectivity index (χ4v) is 3.07. The fourth-order valence-electron chi connectivity index (χ4n) is 2.08. The van der Waals surface area contributed by atoms with E-state index < -0.39 is 6.10 Å². The molecule has 0 fully saturated rings. The molecule has 1 N–H and O–H groups in total. The minimum absolute atomic E-state index is 0.415. The van der Waals surface area contributed by atoms with Crippen LogP contribution in [0.1, 0.15) is 42.6 Å². The largest absolute Gasteiger partial charge is 0.388 e. The maximum Gasteiger partial charge on any atom is 0.0883 e. The summed E-state index contributed by atoms with van der Waals surface area (Å²) in [5.41, 5.74) is 3.56. The highest BCUT2D eigenvalue weighted by molar-refractivity contribution is 7.99. The molecule has 2 heteroatoms. The number of aryl methyl sites for hydroxylation is 1. The van der Waals surface area contributed by atoms with Crippen molar-refractivity contribution >= 4 is 11.8 Å². The molecule has 1 unspecified atom stereocenters. The zero-order valence-electron chi connectivity index (χ0n) is 12.3. The normalized spacial score (nSPS) is 12.7. The number of aliphatic hydroxyl groups excluding tert-OH is 1. The number of hydrogen-bond donors (Lipinski definition) is 1. The van der Waals surface area contributed by atoms with Gasteiger partial charge in [-0.2, -0.15) is 0 Å². The van der Waals surface area contributed by atoms with Crippen LogP contribution in [0, 0.1) is 6.92 Å². The zero-order valence-corrected chi connectivity index (χ0v) is 13.2. The summed E-state index contributed by atoms with van der Waals surface area (Å²) in [5, 5.41) is 10.3. The Kier molecular flexibility index (Phi) is 5.27. The molecule has 0 radical (unpaired) electrons. The first-order valence-corrected chi connectivity index (χ1v) is 8.02. The van der Waals surface area contributed by atoms with Crippen LogP contribution < -0.4 is 0 Å². The molecule has 0 spiro atoms. The third-order valence-electron chi connectivity index (χ3n) is 3.39. The van der Waals surface area contributed by atoms with Crippen LogP contribution in [-0.2, 0) is 0 Å². The quantitative estimate of drug-likeness (QED) is 0.785. The van der Waals surface area contributed by atoms with Crippen molar-refractivity contribution in [2.24, 2.45) is 0 Å². The van der Waals surface area contributed by atoms with Crippen LogP contribution >= 0.6 is 11.8 Å². The molecule has 0 aliphatic heterocycles. The highest BCUT2D eigenvalue weighted by Gasteiger charge is 2.09. The first-order valence-electron chi connectivity index (χ1n) is 7.03. The molecule has 2 aromatic rings. The first-order chi connectivity index (χ1) is 9.56. The Hall–Kier alpha value is -1.25. The number of rotatable bonds is 5. The molecule has 0 aromatic heterocycles. The summed E-state index contributed by atoms with van der Waals surface area (Å²) in [4.78, 5) is 1.21. The molecular weight excluding hydrogens is 264 g/mol. The molecular formula is C18H22OS. The predicted octanol–water partition coefficient (Wildman–Crippen LogP) is 4.94. The topological polar surface area (TPSA) is 20.2 Å². The van der Waals surface area contributed by atoms with Gasteiger partial charge in [0.2, 0.25) is 0 Å². The van der Waals surface area contributed by atoms with Gasteiger partial charge in [0.05, 0.1) is 6.10 Å². The Labute approximate surface area is 126 Å². The van der Waals surface area contributed by atoms with Crippen LogP contribution in [0.25, 0.3) is 0 Å². The van der Waals surface area contributed by atoms with Crippen LogP contribution in [0.3, 0.4) is 0 Å². The monoisotopic (exact) mass is 286 g/mol. The second kappa shape index (κ2) is 6.96. The Morgan fingerprint density at radius 2 is 1.65 bits per heavy atom. The van der Waals surface area contributed by atoms with E-state index in [1.807, 2.05) is 12.1 Å². The van der Waals surface area contributed by atoms with E-state index in [0.29, 0.717) is 11.7 Å². The first kappa shape index (κ1) is 15.1. The van der Waals surface area contributed by atoms with Crippen molar-refractivity contribution < 1.29 is 5.11 Å². The van der Waals surface area contributed by atoms with Crippen molar-refractivity contribution in [2.45, 2.75) is 37.7 Å². The SMILES string of the molecule is Cc1cccc(SCC(O)c2ccc(C(C)C)cc2)c1. The van der Waals surface area contributed by atoms with Gasteiger partial charge >= 0.3 is 0 Å². The van der Waals surface area contributed by atoms with Gasteiger partial charge in [0.1, 0.15) is 0 Å². The average Bonchev–Trinajstić information content (AvgIpc) is 2.45. The summed E-state index contributed by atoms with van der Waals surface area (Å²) in [6.07, 6.45) is -0.415. The second-order valence-electron chi connectivity index (χ2n) is 5.46. The molecule has 2 aromatic carbocycles. The van der Waals surface area contributed by atoms with Gasteiger partial charge in [0.15, 0.2) is 0 Å². The number of thioether (sulfide) groups is 1. The maximum absolute atomic E-state index is 10.3. The highest BCUT2D eigenvalue weighted by Crippen LogP contribution is 2.26. The molecule has 0 aliphatic carbocycles. The van der Waals surface area contributed by atoms with E-state index in [-0.39, 0.29) is 0 Å². The number of benzene rings is 2. The lowest BCUT2D eigenvalue weighted by molar-refractivity contribution is 0.204. The Bertz CT molecular complexity index is 546. The summed E-state index contributed by atoms with van der Waals surface area (Å²) >= 11 is 1.70. The Morgan fingerprint density at radius 3 is 2.25 bits per heavy atom. The fraction of sp³-hybridized carbons (Fsp3) is 0.333. The van der Waals surface area contributed by atoms with E-state index in [9.17, 15) is 5.11 Å². The van der Waals surface area contributed by atoms with Gasteiger partial charge < -0.3 is 5.11 Å².